The van der Waals surface area contributed by atoms with Gasteiger partial charge in [0.05, 0.1) is 35.7 Å². The molecule has 0 bridgehead atoms. The molecule has 4 aromatic rings. The zero-order chi connectivity index (χ0) is 29.6. The second-order valence-electron chi connectivity index (χ2n) is 10.9. The highest BCUT2D eigenvalue weighted by atomic mass is 19.1. The van der Waals surface area contributed by atoms with Crippen molar-refractivity contribution < 1.29 is 18.7 Å². The van der Waals surface area contributed by atoms with E-state index in [2.05, 4.69) is 35.8 Å². The largest absolute Gasteiger partial charge is 0.354 e. The predicted octanol–water partition coefficient (Wildman–Crippen LogP) is 3.42. The highest BCUT2D eigenvalue weighted by molar-refractivity contribution is 5.95. The van der Waals surface area contributed by atoms with Crippen molar-refractivity contribution in [3.8, 4) is 22.6 Å². The van der Waals surface area contributed by atoms with Gasteiger partial charge in [0.15, 0.2) is 5.82 Å². The predicted molar refractivity (Wildman–Crippen MR) is 158 cm³/mol. The van der Waals surface area contributed by atoms with Gasteiger partial charge in [0.2, 0.25) is 18.1 Å². The zero-order valence-electron chi connectivity index (χ0n) is 23.8. The fraction of sp³-hybridized carbons (Fsp3) is 0.367. The van der Waals surface area contributed by atoms with Crippen LogP contribution in [0.3, 0.4) is 0 Å². The Labute approximate surface area is 248 Å². The minimum Gasteiger partial charge on any atom is -0.354 e. The number of rotatable bonds is 10. The van der Waals surface area contributed by atoms with Crippen molar-refractivity contribution in [3.63, 3.8) is 0 Å². The Bertz CT molecular complexity index is 1520. The van der Waals surface area contributed by atoms with Crippen LogP contribution in [-0.2, 0) is 14.3 Å². The molecule has 6 rings (SSSR count). The van der Waals surface area contributed by atoms with E-state index in [0.29, 0.717) is 40.1 Å². The average Bonchev–Trinajstić information content (AvgIpc) is 3.72. The molecule has 13 heteroatoms. The second-order valence-corrected chi connectivity index (χ2v) is 10.9. The van der Waals surface area contributed by atoms with Gasteiger partial charge in [0.1, 0.15) is 5.82 Å². The van der Waals surface area contributed by atoms with Crippen LogP contribution in [-0.4, -0.2) is 81.8 Å². The summed E-state index contributed by atoms with van der Waals surface area (Å²) in [5.41, 5.74) is 2.22. The molecular weight excluding hydrogens is 553 g/mol. The number of aromatic amines is 1. The number of hydrogen-bond acceptors (Lipinski definition) is 10. The SMILES string of the molecule is CC1(C(=O)Nc2ccncc2)COC(c2nc(-c3ccc(F)cc3)c(-c3ccnc(NCCCN4CCNC4)n3)[nH]2)OC1. The van der Waals surface area contributed by atoms with Crippen molar-refractivity contribution >= 4 is 17.5 Å². The molecule has 0 atom stereocenters. The van der Waals surface area contributed by atoms with Gasteiger partial charge in [0, 0.05) is 62.7 Å². The Balaban J connectivity index is 1.18. The standard InChI is InChI=1S/C30H34FN9O3/c1-30(28(41)36-22-7-11-32-12-8-22)17-42-27(43-18-30)26-38-24(20-3-5-21(31)6-4-20)25(39-26)23-9-13-35-29(37-23)34-10-2-15-40-16-14-33-19-40/h3-9,11-13,27,33H,2,10,14-19H2,1H3,(H,38,39)(H,32,36,41)(H,34,35,37). The van der Waals surface area contributed by atoms with Gasteiger partial charge in [-0.15, -0.1) is 0 Å². The molecule has 0 aliphatic carbocycles. The van der Waals surface area contributed by atoms with E-state index in [1.54, 1.807) is 55.8 Å². The molecule has 2 aliphatic heterocycles. The van der Waals surface area contributed by atoms with Gasteiger partial charge in [-0.25, -0.2) is 19.3 Å². The van der Waals surface area contributed by atoms with Crippen LogP contribution in [0.5, 0.6) is 0 Å². The number of H-pyrrole nitrogens is 1. The van der Waals surface area contributed by atoms with Crippen molar-refractivity contribution in [1.29, 1.82) is 0 Å². The highest BCUT2D eigenvalue weighted by Crippen LogP contribution is 2.36. The quantitative estimate of drug-likeness (QED) is 0.204. The first kappa shape index (κ1) is 28.8. The summed E-state index contributed by atoms with van der Waals surface area (Å²) in [6, 6.07) is 11.3. The molecule has 224 valence electrons. The third-order valence-corrected chi connectivity index (χ3v) is 7.44. The van der Waals surface area contributed by atoms with Crippen LogP contribution in [0.4, 0.5) is 16.0 Å². The first-order valence-electron chi connectivity index (χ1n) is 14.3. The average molecular weight is 588 g/mol. The van der Waals surface area contributed by atoms with Gasteiger partial charge >= 0.3 is 0 Å². The molecule has 2 fully saturated rings. The molecule has 1 amide bonds. The van der Waals surface area contributed by atoms with Crippen LogP contribution in [0.2, 0.25) is 0 Å². The summed E-state index contributed by atoms with van der Waals surface area (Å²) in [5, 5.41) is 9.53. The summed E-state index contributed by atoms with van der Waals surface area (Å²) < 4.78 is 25.8. The fourth-order valence-electron chi connectivity index (χ4n) is 4.95. The van der Waals surface area contributed by atoms with Crippen molar-refractivity contribution in [1.82, 2.24) is 35.1 Å². The van der Waals surface area contributed by atoms with Crippen LogP contribution in [0, 0.1) is 11.2 Å². The monoisotopic (exact) mass is 587 g/mol. The fourth-order valence-corrected chi connectivity index (χ4v) is 4.95. The number of aromatic nitrogens is 5. The molecule has 0 radical (unpaired) electrons. The number of carbonyl (C=O) groups is 1. The van der Waals surface area contributed by atoms with E-state index in [9.17, 15) is 9.18 Å². The van der Waals surface area contributed by atoms with Gasteiger partial charge < -0.3 is 30.4 Å². The molecule has 3 aromatic heterocycles. The number of pyridine rings is 1. The summed E-state index contributed by atoms with van der Waals surface area (Å²) in [4.78, 5) is 36.6. The molecule has 43 heavy (non-hydrogen) atoms. The number of ether oxygens (including phenoxy) is 2. The van der Waals surface area contributed by atoms with Crippen molar-refractivity contribution in [3.05, 3.63) is 72.7 Å². The summed E-state index contributed by atoms with van der Waals surface area (Å²) in [7, 11) is 0. The lowest BCUT2D eigenvalue weighted by Gasteiger charge is -2.35. The zero-order valence-corrected chi connectivity index (χ0v) is 23.8. The van der Waals surface area contributed by atoms with E-state index in [1.165, 1.54) is 12.1 Å². The number of carbonyl (C=O) groups excluding carboxylic acids is 1. The van der Waals surface area contributed by atoms with Gasteiger partial charge in [-0.3, -0.25) is 14.7 Å². The maximum Gasteiger partial charge on any atom is 0.235 e. The summed E-state index contributed by atoms with van der Waals surface area (Å²) in [6.45, 7) is 6.75. The Morgan fingerprint density at radius 2 is 1.88 bits per heavy atom. The van der Waals surface area contributed by atoms with Crippen LogP contribution in [0.15, 0.2) is 61.1 Å². The van der Waals surface area contributed by atoms with Gasteiger partial charge in [-0.1, -0.05) is 0 Å². The molecule has 0 saturated carbocycles. The number of hydrogen-bond donors (Lipinski definition) is 4. The molecular formula is C30H34FN9O3. The van der Waals surface area contributed by atoms with Crippen LogP contribution in [0.1, 0.15) is 25.5 Å². The number of nitrogens with one attached hydrogen (secondary N) is 4. The number of amides is 1. The van der Waals surface area contributed by atoms with Crippen LogP contribution in [0.25, 0.3) is 22.6 Å². The first-order valence-corrected chi connectivity index (χ1v) is 14.3. The topological polar surface area (TPSA) is 142 Å². The number of halogens is 1. The number of imidazole rings is 1. The Kier molecular flexibility index (Phi) is 8.65. The molecule has 0 spiro atoms. The summed E-state index contributed by atoms with van der Waals surface area (Å²) >= 11 is 0. The van der Waals surface area contributed by atoms with Gasteiger partial charge in [-0.2, -0.15) is 0 Å². The maximum atomic E-state index is 13.8. The van der Waals surface area contributed by atoms with E-state index in [4.69, 9.17) is 19.4 Å². The molecule has 2 saturated heterocycles. The van der Waals surface area contributed by atoms with Crippen molar-refractivity contribution in [2.24, 2.45) is 5.41 Å². The third kappa shape index (κ3) is 6.86. The minimum atomic E-state index is -0.909. The minimum absolute atomic E-state index is 0.117. The third-order valence-electron chi connectivity index (χ3n) is 7.44. The molecule has 1 aromatic carbocycles. The lowest BCUT2D eigenvalue weighted by Crippen LogP contribution is -2.45. The number of nitrogens with zero attached hydrogens (tertiary/aromatic N) is 5. The molecule has 0 unspecified atom stereocenters. The van der Waals surface area contributed by atoms with Crippen molar-refractivity contribution in [2.75, 3.05) is 56.7 Å². The highest BCUT2D eigenvalue weighted by Gasteiger charge is 2.41. The summed E-state index contributed by atoms with van der Waals surface area (Å²) in [6.07, 6.45) is 5.03. The number of benzene rings is 1. The second kappa shape index (κ2) is 12.9. The Hall–Kier alpha value is -4.30. The van der Waals surface area contributed by atoms with Gasteiger partial charge in [-0.05, 0) is 55.8 Å². The first-order chi connectivity index (χ1) is 21.0. The molecule has 12 nitrogen and oxygen atoms in total. The molecule has 4 N–H and O–H groups in total. The van der Waals surface area contributed by atoms with E-state index in [1.807, 2.05) is 0 Å². The number of anilines is 2. The van der Waals surface area contributed by atoms with Crippen LogP contribution >= 0.6 is 0 Å². The van der Waals surface area contributed by atoms with Gasteiger partial charge in [0.25, 0.3) is 0 Å². The van der Waals surface area contributed by atoms with E-state index >= 15 is 0 Å². The Morgan fingerprint density at radius 3 is 2.63 bits per heavy atom. The molecule has 2 aliphatic rings. The smallest absolute Gasteiger partial charge is 0.235 e. The lowest BCUT2D eigenvalue weighted by atomic mass is 9.91. The maximum absolute atomic E-state index is 13.8. The normalized spacial score (nSPS) is 20.7. The lowest BCUT2D eigenvalue weighted by molar-refractivity contribution is -0.229. The van der Waals surface area contributed by atoms with Crippen molar-refractivity contribution in [2.45, 2.75) is 19.6 Å². The van der Waals surface area contributed by atoms with E-state index < -0.39 is 11.7 Å². The van der Waals surface area contributed by atoms with E-state index in [-0.39, 0.29) is 24.9 Å². The van der Waals surface area contributed by atoms with Crippen LogP contribution < -0.4 is 16.0 Å². The summed E-state index contributed by atoms with van der Waals surface area (Å²) in [5.74, 6) is 0.350. The van der Waals surface area contributed by atoms with E-state index in [0.717, 1.165) is 39.3 Å². The Morgan fingerprint density at radius 1 is 1.09 bits per heavy atom. The molecule has 5 heterocycles.